The second kappa shape index (κ2) is 11.9. The van der Waals surface area contributed by atoms with Crippen LogP contribution in [0.4, 0.5) is 11.4 Å². The summed E-state index contributed by atoms with van der Waals surface area (Å²) in [4.78, 5) is 26.5. The highest BCUT2D eigenvalue weighted by molar-refractivity contribution is 7.80. The van der Waals surface area contributed by atoms with Gasteiger partial charge in [-0.1, -0.05) is 12.1 Å². The van der Waals surface area contributed by atoms with Crippen molar-refractivity contribution in [2.75, 3.05) is 38.4 Å². The van der Waals surface area contributed by atoms with Crippen molar-refractivity contribution >= 4 is 40.5 Å². The van der Waals surface area contributed by atoms with E-state index in [9.17, 15) is 9.59 Å². The number of para-hydroxylation sites is 1. The topological polar surface area (TPSA) is 82.7 Å². The molecular formula is C22H28N4O3S. The summed E-state index contributed by atoms with van der Waals surface area (Å²) < 4.78 is 5.19. The van der Waals surface area contributed by atoms with E-state index in [1.165, 1.54) is 7.11 Å². The normalized spacial score (nSPS) is 10.4. The predicted octanol–water partition coefficient (Wildman–Crippen LogP) is 3.49. The van der Waals surface area contributed by atoms with Crippen LogP contribution in [0.2, 0.25) is 0 Å². The molecule has 0 aromatic heterocycles. The molecule has 30 heavy (non-hydrogen) atoms. The first-order valence-electron chi connectivity index (χ1n) is 9.69. The largest absolute Gasteiger partial charge is 0.496 e. The molecule has 2 amide bonds. The summed E-state index contributed by atoms with van der Waals surface area (Å²) in [6, 6.07) is 14.0. The van der Waals surface area contributed by atoms with Gasteiger partial charge in [0.2, 0.25) is 5.91 Å². The Morgan fingerprint density at radius 3 is 2.23 bits per heavy atom. The van der Waals surface area contributed by atoms with Crippen LogP contribution in [-0.2, 0) is 4.79 Å². The standard InChI is InChI=1S/C22H28N4O3S/c1-26(2)15-7-6-10-20(27)23-16-11-13-17(14-12-16)24-22(30)25-21(28)18-8-4-5-9-19(18)29-3/h4-5,8-9,11-14H,6-7,10,15H2,1-3H3,(H,23,27)(H2,24,25,28,30). The zero-order chi connectivity index (χ0) is 21.9. The van der Waals surface area contributed by atoms with Crippen LogP contribution >= 0.6 is 12.2 Å². The third-order valence-corrected chi connectivity index (χ3v) is 4.47. The van der Waals surface area contributed by atoms with Crippen molar-refractivity contribution in [1.29, 1.82) is 0 Å². The maximum absolute atomic E-state index is 12.4. The number of hydrogen-bond donors (Lipinski definition) is 3. The lowest BCUT2D eigenvalue weighted by atomic mass is 10.2. The number of carbonyl (C=O) groups excluding carboxylic acids is 2. The number of nitrogens with zero attached hydrogens (tertiary/aromatic N) is 1. The monoisotopic (exact) mass is 428 g/mol. The van der Waals surface area contributed by atoms with Crippen LogP contribution in [0.15, 0.2) is 48.5 Å². The molecule has 0 aliphatic rings. The molecule has 0 saturated carbocycles. The average Bonchev–Trinajstić information content (AvgIpc) is 2.72. The van der Waals surface area contributed by atoms with Gasteiger partial charge in [0, 0.05) is 17.8 Å². The summed E-state index contributed by atoms with van der Waals surface area (Å²) in [5, 5.41) is 8.64. The SMILES string of the molecule is COc1ccccc1C(=O)NC(=S)Nc1ccc(NC(=O)CCCCN(C)C)cc1. The first-order valence-corrected chi connectivity index (χ1v) is 10.1. The van der Waals surface area contributed by atoms with Gasteiger partial charge in [-0.3, -0.25) is 14.9 Å². The summed E-state index contributed by atoms with van der Waals surface area (Å²) in [6.07, 6.45) is 2.33. The number of ether oxygens (including phenoxy) is 1. The van der Waals surface area contributed by atoms with Crippen LogP contribution in [0.1, 0.15) is 29.6 Å². The molecule has 2 rings (SSSR count). The number of unbranched alkanes of at least 4 members (excludes halogenated alkanes) is 1. The van der Waals surface area contributed by atoms with Gasteiger partial charge in [0.05, 0.1) is 12.7 Å². The zero-order valence-electron chi connectivity index (χ0n) is 17.5. The fraction of sp³-hybridized carbons (Fsp3) is 0.318. The minimum Gasteiger partial charge on any atom is -0.496 e. The number of amides is 2. The molecule has 0 unspecified atom stereocenters. The van der Waals surface area contributed by atoms with Crippen LogP contribution in [0, 0.1) is 0 Å². The van der Waals surface area contributed by atoms with Gasteiger partial charge >= 0.3 is 0 Å². The van der Waals surface area contributed by atoms with Crippen molar-refractivity contribution in [2.24, 2.45) is 0 Å². The number of benzene rings is 2. The quantitative estimate of drug-likeness (QED) is 0.419. The van der Waals surface area contributed by atoms with Gasteiger partial charge in [0.1, 0.15) is 5.75 Å². The number of rotatable bonds is 9. The van der Waals surface area contributed by atoms with E-state index in [1.807, 2.05) is 14.1 Å². The van der Waals surface area contributed by atoms with Gasteiger partial charge in [-0.05, 0) is 82.1 Å². The van der Waals surface area contributed by atoms with E-state index in [0.717, 1.165) is 19.4 Å². The number of thiocarbonyl (C=S) groups is 1. The Morgan fingerprint density at radius 1 is 0.967 bits per heavy atom. The van der Waals surface area contributed by atoms with Crippen LogP contribution in [0.3, 0.4) is 0 Å². The van der Waals surface area contributed by atoms with Crippen LogP contribution < -0.4 is 20.7 Å². The Hall–Kier alpha value is -2.97. The number of anilines is 2. The Kier molecular flexibility index (Phi) is 9.24. The third kappa shape index (κ3) is 7.81. The lowest BCUT2D eigenvalue weighted by molar-refractivity contribution is -0.116. The molecule has 0 radical (unpaired) electrons. The summed E-state index contributed by atoms with van der Waals surface area (Å²) in [6.45, 7) is 0.973. The molecule has 0 aliphatic heterocycles. The van der Waals surface area contributed by atoms with Crippen molar-refractivity contribution in [3.05, 3.63) is 54.1 Å². The van der Waals surface area contributed by atoms with E-state index in [2.05, 4.69) is 20.9 Å². The molecule has 8 heteroatoms. The van der Waals surface area contributed by atoms with E-state index in [0.29, 0.717) is 29.1 Å². The number of nitrogens with one attached hydrogen (secondary N) is 3. The Balaban J connectivity index is 1.81. The first-order chi connectivity index (χ1) is 14.4. The zero-order valence-corrected chi connectivity index (χ0v) is 18.3. The van der Waals surface area contributed by atoms with Gasteiger partial charge in [-0.2, -0.15) is 0 Å². The molecular weight excluding hydrogens is 400 g/mol. The van der Waals surface area contributed by atoms with Crippen LogP contribution in [0.5, 0.6) is 5.75 Å². The Bertz CT molecular complexity index is 869. The molecule has 160 valence electrons. The van der Waals surface area contributed by atoms with Gasteiger partial charge < -0.3 is 20.3 Å². The number of hydrogen-bond acceptors (Lipinski definition) is 5. The molecule has 0 atom stereocenters. The highest BCUT2D eigenvalue weighted by Crippen LogP contribution is 2.17. The maximum Gasteiger partial charge on any atom is 0.261 e. The molecule has 0 saturated heterocycles. The van der Waals surface area contributed by atoms with Crippen LogP contribution in [0.25, 0.3) is 0 Å². The lowest BCUT2D eigenvalue weighted by Crippen LogP contribution is -2.34. The molecule has 0 aliphatic carbocycles. The van der Waals surface area contributed by atoms with Gasteiger partial charge in [0.15, 0.2) is 5.11 Å². The second-order valence-electron chi connectivity index (χ2n) is 6.99. The summed E-state index contributed by atoms with van der Waals surface area (Å²) in [5.41, 5.74) is 1.80. The molecule has 2 aromatic rings. The van der Waals surface area contributed by atoms with Crippen molar-refractivity contribution in [3.8, 4) is 5.75 Å². The van der Waals surface area contributed by atoms with Gasteiger partial charge in [-0.15, -0.1) is 0 Å². The summed E-state index contributed by atoms with van der Waals surface area (Å²) >= 11 is 5.22. The van der Waals surface area contributed by atoms with Crippen molar-refractivity contribution in [1.82, 2.24) is 10.2 Å². The van der Waals surface area contributed by atoms with Crippen molar-refractivity contribution < 1.29 is 14.3 Å². The fourth-order valence-electron chi connectivity index (χ4n) is 2.74. The van der Waals surface area contributed by atoms with Gasteiger partial charge in [0.25, 0.3) is 5.91 Å². The molecule has 0 fully saturated rings. The number of methoxy groups -OCH3 is 1. The first kappa shape index (κ1) is 23.3. The second-order valence-corrected chi connectivity index (χ2v) is 7.40. The smallest absolute Gasteiger partial charge is 0.261 e. The molecule has 3 N–H and O–H groups in total. The highest BCUT2D eigenvalue weighted by atomic mass is 32.1. The van der Waals surface area contributed by atoms with Gasteiger partial charge in [-0.25, -0.2) is 0 Å². The minimum atomic E-state index is -0.358. The van der Waals surface area contributed by atoms with E-state index >= 15 is 0 Å². The van der Waals surface area contributed by atoms with E-state index < -0.39 is 0 Å². The maximum atomic E-state index is 12.4. The predicted molar refractivity (Wildman–Crippen MR) is 124 cm³/mol. The van der Waals surface area contributed by atoms with E-state index in [-0.39, 0.29) is 16.9 Å². The van der Waals surface area contributed by atoms with E-state index in [1.54, 1.807) is 48.5 Å². The Morgan fingerprint density at radius 2 is 1.60 bits per heavy atom. The number of carbonyl (C=O) groups is 2. The molecule has 7 nitrogen and oxygen atoms in total. The third-order valence-electron chi connectivity index (χ3n) is 4.26. The molecule has 0 spiro atoms. The molecule has 0 heterocycles. The summed E-state index contributed by atoms with van der Waals surface area (Å²) in [5.74, 6) is 0.108. The van der Waals surface area contributed by atoms with Crippen LogP contribution in [-0.4, -0.2) is 49.6 Å². The lowest BCUT2D eigenvalue weighted by Gasteiger charge is -2.12. The minimum absolute atomic E-state index is 0.00550. The van der Waals surface area contributed by atoms with Crippen molar-refractivity contribution in [2.45, 2.75) is 19.3 Å². The van der Waals surface area contributed by atoms with E-state index in [4.69, 9.17) is 17.0 Å². The highest BCUT2D eigenvalue weighted by Gasteiger charge is 2.13. The molecule has 2 aromatic carbocycles. The summed E-state index contributed by atoms with van der Waals surface area (Å²) in [7, 11) is 5.55. The fourth-order valence-corrected chi connectivity index (χ4v) is 2.95. The Labute approximate surface area is 182 Å². The van der Waals surface area contributed by atoms with Crippen molar-refractivity contribution in [3.63, 3.8) is 0 Å². The average molecular weight is 429 g/mol. The molecule has 0 bridgehead atoms.